The Morgan fingerprint density at radius 1 is 0.889 bits per heavy atom. The number of aliphatic carboxylic acids is 2. The summed E-state index contributed by atoms with van der Waals surface area (Å²) in [6.07, 6.45) is 3.08. The standard InChI is InChI=1S/C20H28N8O8/c1-9(29)16(28-17(32)12(21)4-15(30)31)19(34)26-13(2-10-5-22-7-24-10)18(33)27-14(20(35)36)3-11-6-23-8-25-11/h5-9,12-14,16,29H,2-4,21H2,1H3,(H,22,24)(H,23,25)(H,26,34)(H,27,33)(H,28,32)(H,30,31)(H,35,36). The number of hydrogen-bond acceptors (Lipinski definition) is 9. The minimum absolute atomic E-state index is 0.111. The molecule has 2 rings (SSSR count). The summed E-state index contributed by atoms with van der Waals surface area (Å²) < 4.78 is 0. The summed E-state index contributed by atoms with van der Waals surface area (Å²) in [6.45, 7) is 1.20. The molecule has 0 aromatic carbocycles. The van der Waals surface area contributed by atoms with Crippen molar-refractivity contribution in [3.8, 4) is 0 Å². The molecule has 16 nitrogen and oxygen atoms in total. The molecule has 0 radical (unpaired) electrons. The first-order valence-corrected chi connectivity index (χ1v) is 10.7. The third-order valence-electron chi connectivity index (χ3n) is 5.00. The van der Waals surface area contributed by atoms with Gasteiger partial charge in [0.25, 0.3) is 0 Å². The molecule has 0 aliphatic rings. The third kappa shape index (κ3) is 8.48. The van der Waals surface area contributed by atoms with E-state index in [-0.39, 0.29) is 12.8 Å². The number of carboxylic acid groups (broad SMARTS) is 2. The lowest BCUT2D eigenvalue weighted by Crippen LogP contribution is -2.60. The molecule has 0 spiro atoms. The first kappa shape index (κ1) is 27.9. The maximum Gasteiger partial charge on any atom is 0.326 e. The summed E-state index contributed by atoms with van der Waals surface area (Å²) >= 11 is 0. The second kappa shape index (κ2) is 13.0. The predicted molar refractivity (Wildman–Crippen MR) is 120 cm³/mol. The van der Waals surface area contributed by atoms with Gasteiger partial charge >= 0.3 is 11.9 Å². The van der Waals surface area contributed by atoms with Crippen LogP contribution in [0.5, 0.6) is 0 Å². The van der Waals surface area contributed by atoms with Crippen molar-refractivity contribution in [2.24, 2.45) is 5.73 Å². The normalized spacial score (nSPS) is 15.1. The number of nitrogens with zero attached hydrogens (tertiary/aromatic N) is 2. The Hall–Kier alpha value is -4.31. The van der Waals surface area contributed by atoms with Crippen molar-refractivity contribution in [3.05, 3.63) is 36.4 Å². The molecule has 2 heterocycles. The van der Waals surface area contributed by atoms with E-state index in [2.05, 4.69) is 35.9 Å². The number of nitrogens with two attached hydrogens (primary N) is 1. The predicted octanol–water partition coefficient (Wildman–Crippen LogP) is -3.36. The molecule has 0 bridgehead atoms. The van der Waals surface area contributed by atoms with Crippen LogP contribution in [-0.4, -0.2) is 95.2 Å². The van der Waals surface area contributed by atoms with Crippen LogP contribution in [0, 0.1) is 0 Å². The van der Waals surface area contributed by atoms with E-state index in [4.69, 9.17) is 10.8 Å². The number of aliphatic hydroxyl groups excluding tert-OH is 1. The van der Waals surface area contributed by atoms with Crippen molar-refractivity contribution >= 4 is 29.7 Å². The van der Waals surface area contributed by atoms with Crippen molar-refractivity contribution < 1.29 is 39.3 Å². The van der Waals surface area contributed by atoms with Gasteiger partial charge in [0.2, 0.25) is 17.7 Å². The second-order valence-electron chi connectivity index (χ2n) is 7.95. The van der Waals surface area contributed by atoms with Crippen molar-refractivity contribution in [2.45, 2.75) is 56.5 Å². The number of nitrogens with one attached hydrogen (secondary N) is 5. The number of rotatable bonds is 14. The summed E-state index contributed by atoms with van der Waals surface area (Å²) in [7, 11) is 0. The summed E-state index contributed by atoms with van der Waals surface area (Å²) in [5.41, 5.74) is 6.38. The van der Waals surface area contributed by atoms with Crippen LogP contribution in [0.25, 0.3) is 0 Å². The molecular weight excluding hydrogens is 480 g/mol. The van der Waals surface area contributed by atoms with E-state index < -0.39 is 66.4 Å². The fraction of sp³-hybridized carbons (Fsp3) is 0.450. The largest absolute Gasteiger partial charge is 0.481 e. The highest BCUT2D eigenvalue weighted by Crippen LogP contribution is 2.05. The van der Waals surface area contributed by atoms with Crippen LogP contribution in [0.3, 0.4) is 0 Å². The number of H-pyrrole nitrogens is 2. The van der Waals surface area contributed by atoms with Gasteiger partial charge in [-0.05, 0) is 6.92 Å². The first-order valence-electron chi connectivity index (χ1n) is 10.7. The third-order valence-corrected chi connectivity index (χ3v) is 5.00. The van der Waals surface area contributed by atoms with Crippen LogP contribution in [-0.2, 0) is 36.8 Å². The summed E-state index contributed by atoms with van der Waals surface area (Å²) in [4.78, 5) is 73.7. The fourth-order valence-corrected chi connectivity index (χ4v) is 3.12. The molecule has 0 saturated carbocycles. The van der Waals surface area contributed by atoms with E-state index >= 15 is 0 Å². The number of amides is 3. The van der Waals surface area contributed by atoms with E-state index in [1.165, 1.54) is 32.0 Å². The molecule has 2 aromatic heterocycles. The van der Waals surface area contributed by atoms with Gasteiger partial charge in [0.1, 0.15) is 18.1 Å². The second-order valence-corrected chi connectivity index (χ2v) is 7.95. The Morgan fingerprint density at radius 3 is 1.86 bits per heavy atom. The number of aromatic amines is 2. The molecule has 2 aromatic rings. The van der Waals surface area contributed by atoms with Crippen LogP contribution in [0.1, 0.15) is 24.7 Å². The van der Waals surface area contributed by atoms with Gasteiger partial charge in [0.05, 0.1) is 31.2 Å². The minimum Gasteiger partial charge on any atom is -0.481 e. The lowest BCUT2D eigenvalue weighted by Gasteiger charge is -2.26. The Bertz CT molecular complexity index is 1040. The van der Waals surface area contributed by atoms with E-state index in [1.807, 2.05) is 0 Å². The van der Waals surface area contributed by atoms with Gasteiger partial charge in [0, 0.05) is 36.6 Å². The van der Waals surface area contributed by atoms with E-state index in [1.54, 1.807) is 0 Å². The molecule has 36 heavy (non-hydrogen) atoms. The fourth-order valence-electron chi connectivity index (χ4n) is 3.12. The molecule has 5 unspecified atom stereocenters. The Morgan fingerprint density at radius 2 is 1.42 bits per heavy atom. The summed E-state index contributed by atoms with van der Waals surface area (Å²) in [6, 6.07) is -5.78. The molecule has 10 N–H and O–H groups in total. The summed E-state index contributed by atoms with van der Waals surface area (Å²) in [5.74, 6) is -5.51. The van der Waals surface area contributed by atoms with Gasteiger partial charge < -0.3 is 47.0 Å². The molecule has 0 aliphatic carbocycles. The van der Waals surface area contributed by atoms with Gasteiger partial charge in [0.15, 0.2) is 0 Å². The zero-order chi connectivity index (χ0) is 26.8. The van der Waals surface area contributed by atoms with Crippen LogP contribution in [0.2, 0.25) is 0 Å². The minimum atomic E-state index is -1.59. The number of hydrogen-bond donors (Lipinski definition) is 9. The number of carboxylic acids is 2. The van der Waals surface area contributed by atoms with Crippen LogP contribution in [0.4, 0.5) is 0 Å². The van der Waals surface area contributed by atoms with E-state index in [0.717, 1.165) is 0 Å². The van der Waals surface area contributed by atoms with Crippen molar-refractivity contribution in [3.63, 3.8) is 0 Å². The number of aromatic nitrogens is 4. The number of carbonyl (C=O) groups is 5. The van der Waals surface area contributed by atoms with Crippen LogP contribution in [0.15, 0.2) is 25.0 Å². The smallest absolute Gasteiger partial charge is 0.326 e. The number of carbonyl (C=O) groups excluding carboxylic acids is 3. The Labute approximate surface area is 204 Å². The quantitative estimate of drug-likeness (QED) is 0.122. The molecular formula is C20H28N8O8. The number of imidazole rings is 2. The zero-order valence-corrected chi connectivity index (χ0v) is 19.2. The van der Waals surface area contributed by atoms with Gasteiger partial charge in [-0.2, -0.15) is 0 Å². The maximum absolute atomic E-state index is 13.0. The highest BCUT2D eigenvalue weighted by molar-refractivity contribution is 5.95. The topological polar surface area (TPSA) is 266 Å². The maximum atomic E-state index is 13.0. The van der Waals surface area contributed by atoms with Crippen LogP contribution >= 0.6 is 0 Å². The summed E-state index contributed by atoms with van der Waals surface area (Å²) in [5, 5.41) is 35.2. The molecule has 5 atom stereocenters. The number of aliphatic hydroxyl groups is 1. The van der Waals surface area contributed by atoms with Gasteiger partial charge in [-0.1, -0.05) is 0 Å². The van der Waals surface area contributed by atoms with Crippen LogP contribution < -0.4 is 21.7 Å². The average Bonchev–Trinajstić information content (AvgIpc) is 3.49. The molecule has 0 fully saturated rings. The Balaban J connectivity index is 2.17. The monoisotopic (exact) mass is 508 g/mol. The van der Waals surface area contributed by atoms with E-state index in [0.29, 0.717) is 11.4 Å². The van der Waals surface area contributed by atoms with E-state index in [9.17, 15) is 34.2 Å². The highest BCUT2D eigenvalue weighted by atomic mass is 16.4. The lowest BCUT2D eigenvalue weighted by molar-refractivity contribution is -0.142. The van der Waals surface area contributed by atoms with Gasteiger partial charge in [-0.25, -0.2) is 14.8 Å². The first-order chi connectivity index (χ1) is 17.0. The molecule has 16 heteroatoms. The average molecular weight is 508 g/mol. The van der Waals surface area contributed by atoms with Crippen molar-refractivity contribution in [2.75, 3.05) is 0 Å². The van der Waals surface area contributed by atoms with Gasteiger partial charge in [-0.15, -0.1) is 0 Å². The highest BCUT2D eigenvalue weighted by Gasteiger charge is 2.33. The Kier molecular flexibility index (Phi) is 10.1. The molecule has 0 saturated heterocycles. The SMILES string of the molecule is CC(O)C(NC(=O)C(N)CC(=O)O)C(=O)NC(Cc1cnc[nH]1)C(=O)NC(Cc1cnc[nH]1)C(=O)O. The zero-order valence-electron chi connectivity index (χ0n) is 19.2. The molecule has 196 valence electrons. The van der Waals surface area contributed by atoms with Crippen molar-refractivity contribution in [1.29, 1.82) is 0 Å². The van der Waals surface area contributed by atoms with Gasteiger partial charge in [-0.3, -0.25) is 19.2 Å². The van der Waals surface area contributed by atoms with Crippen molar-refractivity contribution in [1.82, 2.24) is 35.9 Å². The molecule has 3 amide bonds. The molecule has 0 aliphatic heterocycles. The lowest BCUT2D eigenvalue weighted by atomic mass is 10.1.